The summed E-state index contributed by atoms with van der Waals surface area (Å²) < 4.78 is 37.8. The summed E-state index contributed by atoms with van der Waals surface area (Å²) in [6.45, 7) is 2.07. The molecule has 3 N–H and O–H groups in total. The highest BCUT2D eigenvalue weighted by atomic mass is 32.1. The molecule has 2 aromatic carbocycles. The van der Waals surface area contributed by atoms with Gasteiger partial charge < -0.3 is 10.6 Å². The van der Waals surface area contributed by atoms with Gasteiger partial charge in [-0.15, -0.1) is 0 Å². The quantitative estimate of drug-likeness (QED) is 0.403. The van der Waals surface area contributed by atoms with E-state index in [9.17, 15) is 22.8 Å². The van der Waals surface area contributed by atoms with Crippen LogP contribution in [0.25, 0.3) is 0 Å². The first kappa shape index (κ1) is 23.3. The molecule has 30 heavy (non-hydrogen) atoms. The molecule has 0 fully saturated rings. The van der Waals surface area contributed by atoms with Crippen LogP contribution in [0.2, 0.25) is 0 Å². The van der Waals surface area contributed by atoms with Gasteiger partial charge in [-0.2, -0.15) is 13.2 Å². The van der Waals surface area contributed by atoms with Crippen molar-refractivity contribution in [3.8, 4) is 0 Å². The molecule has 0 saturated carbocycles. The summed E-state index contributed by atoms with van der Waals surface area (Å²) in [4.78, 5) is 23.9. The SMILES string of the molecule is CCCCCC(=O)Nc1ccc(NC(=S)NC(=O)c2ccc(C(F)(F)F)cc2)cc1. The third-order valence-electron chi connectivity index (χ3n) is 4.14. The van der Waals surface area contributed by atoms with Crippen LogP contribution in [-0.4, -0.2) is 16.9 Å². The lowest BCUT2D eigenvalue weighted by atomic mass is 10.1. The summed E-state index contributed by atoms with van der Waals surface area (Å²) >= 11 is 5.07. The van der Waals surface area contributed by atoms with Crippen LogP contribution in [0.5, 0.6) is 0 Å². The minimum atomic E-state index is -4.47. The van der Waals surface area contributed by atoms with Gasteiger partial charge in [0.2, 0.25) is 5.91 Å². The van der Waals surface area contributed by atoms with Crippen LogP contribution >= 0.6 is 12.2 Å². The van der Waals surface area contributed by atoms with Crippen LogP contribution < -0.4 is 16.0 Å². The van der Waals surface area contributed by atoms with Crippen LogP contribution in [0.4, 0.5) is 24.5 Å². The van der Waals surface area contributed by atoms with E-state index in [-0.39, 0.29) is 16.6 Å². The molecule has 2 amide bonds. The van der Waals surface area contributed by atoms with Crippen molar-refractivity contribution in [1.29, 1.82) is 0 Å². The molecule has 2 aromatic rings. The van der Waals surface area contributed by atoms with Crippen molar-refractivity contribution in [2.24, 2.45) is 0 Å². The zero-order valence-electron chi connectivity index (χ0n) is 16.3. The molecule has 9 heteroatoms. The summed E-state index contributed by atoms with van der Waals surface area (Å²) in [6, 6.07) is 10.6. The van der Waals surface area contributed by atoms with E-state index in [1.54, 1.807) is 24.3 Å². The molecule has 2 rings (SSSR count). The third-order valence-corrected chi connectivity index (χ3v) is 4.34. The second kappa shape index (κ2) is 10.7. The molecule has 0 aliphatic heterocycles. The fourth-order valence-corrected chi connectivity index (χ4v) is 2.75. The molecule has 0 atom stereocenters. The second-order valence-corrected chi connectivity index (χ2v) is 6.97. The Morgan fingerprint density at radius 1 is 0.900 bits per heavy atom. The highest BCUT2D eigenvalue weighted by Gasteiger charge is 2.30. The molecule has 0 saturated heterocycles. The summed E-state index contributed by atoms with van der Waals surface area (Å²) in [5.41, 5.74) is 0.434. The van der Waals surface area contributed by atoms with E-state index < -0.39 is 17.6 Å². The Kier molecular flexibility index (Phi) is 8.35. The fraction of sp³-hybridized carbons (Fsp3) is 0.286. The Morgan fingerprint density at radius 2 is 1.47 bits per heavy atom. The zero-order chi connectivity index (χ0) is 22.1. The Balaban J connectivity index is 1.85. The molecule has 0 bridgehead atoms. The number of thiocarbonyl (C=S) groups is 1. The largest absolute Gasteiger partial charge is 0.416 e. The normalized spacial score (nSPS) is 10.9. The number of benzene rings is 2. The van der Waals surface area contributed by atoms with Gasteiger partial charge >= 0.3 is 6.18 Å². The molecule has 0 spiro atoms. The van der Waals surface area contributed by atoms with Crippen molar-refractivity contribution in [2.75, 3.05) is 10.6 Å². The number of nitrogens with one attached hydrogen (secondary N) is 3. The van der Waals surface area contributed by atoms with Crippen LogP contribution in [0.1, 0.15) is 48.5 Å². The van der Waals surface area contributed by atoms with Crippen LogP contribution in [0, 0.1) is 0 Å². The van der Waals surface area contributed by atoms with E-state index in [1.807, 2.05) is 0 Å². The molecule has 0 aliphatic rings. The number of unbranched alkanes of at least 4 members (excludes halogenated alkanes) is 2. The standard InChI is InChI=1S/C21H22F3N3O2S/c1-2-3-4-5-18(28)25-16-10-12-17(13-11-16)26-20(30)27-19(29)14-6-8-15(9-7-14)21(22,23)24/h6-13H,2-5H2,1H3,(H,25,28)(H2,26,27,29,30). The van der Waals surface area contributed by atoms with Crippen molar-refractivity contribution in [1.82, 2.24) is 5.32 Å². The number of halogens is 3. The first-order chi connectivity index (χ1) is 14.2. The van der Waals surface area contributed by atoms with E-state index in [1.165, 1.54) is 0 Å². The topological polar surface area (TPSA) is 70.2 Å². The second-order valence-electron chi connectivity index (χ2n) is 6.57. The monoisotopic (exact) mass is 437 g/mol. The number of alkyl halides is 3. The summed E-state index contributed by atoms with van der Waals surface area (Å²) in [5.74, 6) is -0.680. The number of rotatable bonds is 7. The average molecular weight is 437 g/mol. The molecular weight excluding hydrogens is 415 g/mol. The summed E-state index contributed by atoms with van der Waals surface area (Å²) in [6.07, 6.45) is -1.11. The van der Waals surface area contributed by atoms with E-state index in [2.05, 4.69) is 22.9 Å². The number of carbonyl (C=O) groups is 2. The molecule has 5 nitrogen and oxygen atoms in total. The fourth-order valence-electron chi connectivity index (χ4n) is 2.54. The van der Waals surface area contributed by atoms with Gasteiger partial charge in [0.25, 0.3) is 5.91 Å². The maximum Gasteiger partial charge on any atom is 0.416 e. The minimum Gasteiger partial charge on any atom is -0.332 e. The molecule has 160 valence electrons. The number of amides is 2. The van der Waals surface area contributed by atoms with Crippen LogP contribution in [-0.2, 0) is 11.0 Å². The first-order valence-corrected chi connectivity index (χ1v) is 9.79. The van der Waals surface area contributed by atoms with Gasteiger partial charge in [0.1, 0.15) is 0 Å². The van der Waals surface area contributed by atoms with Crippen molar-refractivity contribution in [2.45, 2.75) is 38.8 Å². The highest BCUT2D eigenvalue weighted by molar-refractivity contribution is 7.80. The van der Waals surface area contributed by atoms with Gasteiger partial charge in [-0.25, -0.2) is 0 Å². The number of hydrogen-bond donors (Lipinski definition) is 3. The molecule has 0 unspecified atom stereocenters. The Bertz CT molecular complexity index is 882. The van der Waals surface area contributed by atoms with Gasteiger partial charge in [0, 0.05) is 23.4 Å². The summed E-state index contributed by atoms with van der Waals surface area (Å²) in [7, 11) is 0. The molecule has 0 aliphatic carbocycles. The Hall–Kier alpha value is -2.94. The highest BCUT2D eigenvalue weighted by Crippen LogP contribution is 2.29. The Labute approximate surface area is 178 Å². The Morgan fingerprint density at radius 3 is 2.00 bits per heavy atom. The minimum absolute atomic E-state index is 0.00347. The van der Waals surface area contributed by atoms with Crippen LogP contribution in [0.3, 0.4) is 0 Å². The van der Waals surface area contributed by atoms with E-state index >= 15 is 0 Å². The van der Waals surface area contributed by atoms with E-state index in [0.29, 0.717) is 17.8 Å². The number of anilines is 2. The lowest BCUT2D eigenvalue weighted by Crippen LogP contribution is -2.34. The smallest absolute Gasteiger partial charge is 0.332 e. The van der Waals surface area contributed by atoms with Gasteiger partial charge in [0.05, 0.1) is 5.56 Å². The molecular formula is C21H22F3N3O2S. The van der Waals surface area contributed by atoms with Gasteiger partial charge in [-0.3, -0.25) is 14.9 Å². The van der Waals surface area contributed by atoms with Gasteiger partial charge in [-0.05, 0) is 67.2 Å². The van der Waals surface area contributed by atoms with Crippen molar-refractivity contribution in [3.05, 3.63) is 59.7 Å². The average Bonchev–Trinajstić information content (AvgIpc) is 2.69. The molecule has 0 heterocycles. The molecule has 0 aromatic heterocycles. The number of carbonyl (C=O) groups excluding carboxylic acids is 2. The van der Waals surface area contributed by atoms with Crippen LogP contribution in [0.15, 0.2) is 48.5 Å². The summed E-state index contributed by atoms with van der Waals surface area (Å²) in [5, 5.41) is 8.01. The predicted octanol–water partition coefficient (Wildman–Crippen LogP) is 5.35. The van der Waals surface area contributed by atoms with Crippen molar-refractivity contribution in [3.63, 3.8) is 0 Å². The third kappa shape index (κ3) is 7.47. The predicted molar refractivity (Wildman–Crippen MR) is 114 cm³/mol. The van der Waals surface area contributed by atoms with Crippen molar-refractivity contribution >= 4 is 40.5 Å². The van der Waals surface area contributed by atoms with E-state index in [4.69, 9.17) is 12.2 Å². The lowest BCUT2D eigenvalue weighted by Gasteiger charge is -2.11. The molecule has 0 radical (unpaired) electrons. The lowest BCUT2D eigenvalue weighted by molar-refractivity contribution is -0.137. The maximum atomic E-state index is 12.6. The first-order valence-electron chi connectivity index (χ1n) is 9.38. The van der Waals surface area contributed by atoms with Gasteiger partial charge in [-0.1, -0.05) is 19.8 Å². The van der Waals surface area contributed by atoms with Crippen molar-refractivity contribution < 1.29 is 22.8 Å². The zero-order valence-corrected chi connectivity index (χ0v) is 17.1. The van der Waals surface area contributed by atoms with E-state index in [0.717, 1.165) is 43.5 Å². The maximum absolute atomic E-state index is 12.6. The van der Waals surface area contributed by atoms with Gasteiger partial charge in [0.15, 0.2) is 5.11 Å². The number of hydrogen-bond acceptors (Lipinski definition) is 3.